The molecule has 2 aromatic carbocycles. The number of halogens is 1. The molecule has 0 radical (unpaired) electrons. The summed E-state index contributed by atoms with van der Waals surface area (Å²) in [7, 11) is 0.755. The average Bonchev–Trinajstić information content (AvgIpc) is 3.04. The Morgan fingerprint density at radius 1 is 1.09 bits per heavy atom. The second-order valence-electron chi connectivity index (χ2n) is 7.70. The van der Waals surface area contributed by atoms with Gasteiger partial charge in [0.1, 0.15) is 5.76 Å². The van der Waals surface area contributed by atoms with Crippen LogP contribution < -0.4 is 0 Å². The fourth-order valence-corrected chi connectivity index (χ4v) is 4.80. The van der Waals surface area contributed by atoms with Crippen LogP contribution in [0.2, 0.25) is 0 Å². The number of hydrogen-bond acceptors (Lipinski definition) is 6. The maximum Gasteiger partial charge on any atom is 0.295 e. The third kappa shape index (κ3) is 5.03. The highest BCUT2D eigenvalue weighted by molar-refractivity contribution is 9.10. The summed E-state index contributed by atoms with van der Waals surface area (Å²) < 4.78 is 31.7. The standard InChI is InChI=1S/C23H25BrN2O6S/c1-25(2)33(30,31)18-11-7-16(8-12-18)21(27)19-20(15-5-9-17(24)10-6-15)26(13-4-14-32-3)23(29)22(19)28/h5-12,20,27H,4,13-14H2,1-3H3/t20-/m1/s1. The van der Waals surface area contributed by atoms with Gasteiger partial charge in [-0.1, -0.05) is 28.1 Å². The van der Waals surface area contributed by atoms with Crippen molar-refractivity contribution < 1.29 is 27.9 Å². The fourth-order valence-electron chi connectivity index (χ4n) is 3.63. The maximum absolute atomic E-state index is 13.0. The van der Waals surface area contributed by atoms with E-state index in [1.807, 2.05) is 0 Å². The van der Waals surface area contributed by atoms with Gasteiger partial charge in [-0.2, -0.15) is 0 Å². The molecule has 1 N–H and O–H groups in total. The molecule has 0 aromatic heterocycles. The lowest BCUT2D eigenvalue weighted by Crippen LogP contribution is -2.31. The van der Waals surface area contributed by atoms with E-state index in [0.717, 1.165) is 8.78 Å². The summed E-state index contributed by atoms with van der Waals surface area (Å²) in [6, 6.07) is 11.9. The van der Waals surface area contributed by atoms with Gasteiger partial charge in [-0.05, 0) is 48.4 Å². The normalized spacial score (nSPS) is 18.3. The van der Waals surface area contributed by atoms with Gasteiger partial charge in [-0.25, -0.2) is 12.7 Å². The summed E-state index contributed by atoms with van der Waals surface area (Å²) in [5, 5.41) is 11.1. The smallest absolute Gasteiger partial charge is 0.295 e. The van der Waals surface area contributed by atoms with E-state index < -0.39 is 27.8 Å². The van der Waals surface area contributed by atoms with Gasteiger partial charge in [0, 0.05) is 44.4 Å². The molecular weight excluding hydrogens is 512 g/mol. The van der Waals surface area contributed by atoms with Crippen LogP contribution in [0.4, 0.5) is 0 Å². The topological polar surface area (TPSA) is 104 Å². The summed E-state index contributed by atoms with van der Waals surface area (Å²) in [5.41, 5.74) is 0.871. The van der Waals surface area contributed by atoms with E-state index in [-0.39, 0.29) is 28.3 Å². The number of ketones is 1. The van der Waals surface area contributed by atoms with Crippen LogP contribution in [0.25, 0.3) is 5.76 Å². The van der Waals surface area contributed by atoms with Gasteiger partial charge in [-0.15, -0.1) is 0 Å². The molecule has 1 atom stereocenters. The molecule has 33 heavy (non-hydrogen) atoms. The van der Waals surface area contributed by atoms with Crippen LogP contribution in [0.5, 0.6) is 0 Å². The molecule has 176 valence electrons. The van der Waals surface area contributed by atoms with Crippen molar-refractivity contribution in [2.45, 2.75) is 17.4 Å². The number of sulfonamides is 1. The first-order chi connectivity index (χ1) is 15.6. The van der Waals surface area contributed by atoms with Crippen molar-refractivity contribution in [3.05, 3.63) is 69.7 Å². The number of carbonyl (C=O) groups excluding carboxylic acids is 2. The van der Waals surface area contributed by atoms with Crippen LogP contribution in [0.3, 0.4) is 0 Å². The zero-order valence-electron chi connectivity index (χ0n) is 18.5. The highest BCUT2D eigenvalue weighted by Crippen LogP contribution is 2.39. The predicted molar refractivity (Wildman–Crippen MR) is 127 cm³/mol. The van der Waals surface area contributed by atoms with Crippen molar-refractivity contribution in [3.8, 4) is 0 Å². The fraction of sp³-hybridized carbons (Fsp3) is 0.304. The van der Waals surface area contributed by atoms with E-state index in [9.17, 15) is 23.1 Å². The molecule has 1 aliphatic rings. The minimum Gasteiger partial charge on any atom is -0.507 e. The van der Waals surface area contributed by atoms with E-state index in [1.54, 1.807) is 31.4 Å². The lowest BCUT2D eigenvalue weighted by atomic mass is 9.95. The number of likely N-dealkylation sites (tertiary alicyclic amines) is 1. The van der Waals surface area contributed by atoms with Crippen LogP contribution in [0.1, 0.15) is 23.6 Å². The number of aliphatic hydroxyl groups is 1. The molecule has 1 aliphatic heterocycles. The number of carbonyl (C=O) groups is 2. The molecule has 1 fully saturated rings. The van der Waals surface area contributed by atoms with Crippen LogP contribution in [-0.2, 0) is 24.3 Å². The number of rotatable bonds is 8. The zero-order valence-corrected chi connectivity index (χ0v) is 20.9. The first-order valence-electron chi connectivity index (χ1n) is 10.2. The van der Waals surface area contributed by atoms with Crippen molar-refractivity contribution in [3.63, 3.8) is 0 Å². The number of Topliss-reactive ketones (excluding diaryl/α,β-unsaturated/α-hetero) is 1. The molecular formula is C23H25BrN2O6S. The van der Waals surface area contributed by atoms with Crippen molar-refractivity contribution in [2.75, 3.05) is 34.4 Å². The van der Waals surface area contributed by atoms with E-state index in [0.29, 0.717) is 18.6 Å². The summed E-state index contributed by atoms with van der Waals surface area (Å²) in [5.74, 6) is -1.85. The molecule has 2 aromatic rings. The van der Waals surface area contributed by atoms with E-state index in [2.05, 4.69) is 15.9 Å². The molecule has 1 heterocycles. The monoisotopic (exact) mass is 536 g/mol. The molecule has 0 spiro atoms. The van der Waals surface area contributed by atoms with Crippen LogP contribution in [-0.4, -0.2) is 68.8 Å². The Morgan fingerprint density at radius 3 is 2.24 bits per heavy atom. The largest absolute Gasteiger partial charge is 0.507 e. The summed E-state index contributed by atoms with van der Waals surface area (Å²) >= 11 is 3.38. The third-order valence-corrected chi connectivity index (χ3v) is 7.74. The van der Waals surface area contributed by atoms with Gasteiger partial charge >= 0.3 is 0 Å². The van der Waals surface area contributed by atoms with Crippen LogP contribution >= 0.6 is 15.9 Å². The van der Waals surface area contributed by atoms with Crippen molar-refractivity contribution >= 4 is 43.4 Å². The van der Waals surface area contributed by atoms with Gasteiger partial charge in [0.15, 0.2) is 0 Å². The molecule has 1 saturated heterocycles. The van der Waals surface area contributed by atoms with Crippen molar-refractivity contribution in [1.82, 2.24) is 9.21 Å². The van der Waals surface area contributed by atoms with Gasteiger partial charge < -0.3 is 14.7 Å². The van der Waals surface area contributed by atoms with Crippen molar-refractivity contribution in [1.29, 1.82) is 0 Å². The Hall–Kier alpha value is -2.53. The highest BCUT2D eigenvalue weighted by Gasteiger charge is 2.45. The van der Waals surface area contributed by atoms with E-state index in [1.165, 1.54) is 43.3 Å². The minimum absolute atomic E-state index is 0.0389. The Labute approximate surface area is 201 Å². The summed E-state index contributed by atoms with van der Waals surface area (Å²) in [6.07, 6.45) is 0.522. The summed E-state index contributed by atoms with van der Waals surface area (Å²) in [4.78, 5) is 27.3. The molecule has 10 heteroatoms. The van der Waals surface area contributed by atoms with E-state index in [4.69, 9.17) is 4.74 Å². The number of ether oxygens (including phenoxy) is 1. The second-order valence-corrected chi connectivity index (χ2v) is 10.8. The van der Waals surface area contributed by atoms with Crippen LogP contribution in [0, 0.1) is 0 Å². The number of hydrogen-bond donors (Lipinski definition) is 1. The first-order valence-corrected chi connectivity index (χ1v) is 12.4. The lowest BCUT2D eigenvalue weighted by molar-refractivity contribution is -0.140. The van der Waals surface area contributed by atoms with E-state index >= 15 is 0 Å². The third-order valence-electron chi connectivity index (χ3n) is 5.38. The SMILES string of the molecule is COCCCN1C(=O)C(=O)C(=C(O)c2ccc(S(=O)(=O)N(C)C)cc2)[C@H]1c1ccc(Br)cc1. The molecule has 0 saturated carbocycles. The first kappa shape index (κ1) is 25.1. The molecule has 0 aliphatic carbocycles. The Kier molecular flexibility index (Phi) is 7.73. The summed E-state index contributed by atoms with van der Waals surface area (Å²) in [6.45, 7) is 0.688. The molecule has 8 nitrogen and oxygen atoms in total. The number of amides is 1. The molecule has 3 rings (SSSR count). The van der Waals surface area contributed by atoms with Gasteiger partial charge in [0.2, 0.25) is 10.0 Å². The number of nitrogens with zero attached hydrogens (tertiary/aromatic N) is 2. The van der Waals surface area contributed by atoms with Gasteiger partial charge in [0.25, 0.3) is 11.7 Å². The maximum atomic E-state index is 13.0. The van der Waals surface area contributed by atoms with Crippen molar-refractivity contribution in [2.24, 2.45) is 0 Å². The zero-order chi connectivity index (χ0) is 24.3. The number of benzene rings is 2. The lowest BCUT2D eigenvalue weighted by Gasteiger charge is -2.25. The Balaban J connectivity index is 2.09. The quantitative estimate of drug-likeness (QED) is 0.240. The van der Waals surface area contributed by atoms with Gasteiger partial charge in [0.05, 0.1) is 16.5 Å². The second kappa shape index (κ2) is 10.2. The Bertz CT molecular complexity index is 1170. The predicted octanol–water partition coefficient (Wildman–Crippen LogP) is 3.16. The number of aliphatic hydroxyl groups excluding tert-OH is 1. The average molecular weight is 537 g/mol. The number of methoxy groups -OCH3 is 1. The Morgan fingerprint density at radius 2 is 1.70 bits per heavy atom. The highest BCUT2D eigenvalue weighted by atomic mass is 79.9. The van der Waals surface area contributed by atoms with Gasteiger partial charge in [-0.3, -0.25) is 9.59 Å². The minimum atomic E-state index is -3.65. The molecule has 1 amide bonds. The van der Waals surface area contributed by atoms with Crippen LogP contribution in [0.15, 0.2) is 63.5 Å². The molecule has 0 bridgehead atoms. The molecule has 0 unspecified atom stereocenters.